The zero-order valence-corrected chi connectivity index (χ0v) is 17.0. The zero-order chi connectivity index (χ0) is 21.7. The second-order valence-electron chi connectivity index (χ2n) is 6.73. The largest absolute Gasteiger partial charge is 0.465 e. The summed E-state index contributed by atoms with van der Waals surface area (Å²) in [6.45, 7) is 2.50. The highest BCUT2D eigenvalue weighted by atomic mass is 32.2. The molecule has 164 valence electrons. The van der Waals surface area contributed by atoms with Crippen LogP contribution in [0.4, 0.5) is 16.3 Å². The molecule has 1 unspecified atom stereocenters. The van der Waals surface area contributed by atoms with E-state index in [1.54, 1.807) is 13.1 Å². The minimum atomic E-state index is -4.54. The third kappa shape index (κ3) is 5.77. The van der Waals surface area contributed by atoms with E-state index in [-0.39, 0.29) is 31.4 Å². The standard InChI is InChI=1S/C16H23N7O6S/c1-10-18-6-12(29-10)7-19-14-13(8-17-9-20-14)22-15(30(26,27)28)21-11-2-4-23(5-3-11)16(24)25/h6,8-9,11,15,21-22H,2-5,7H2,1H3,(H,24,25)(H,17,19,20)(H,26,27,28). The van der Waals surface area contributed by atoms with Gasteiger partial charge in [0.15, 0.2) is 11.7 Å². The summed E-state index contributed by atoms with van der Waals surface area (Å²) in [5.41, 5.74) is -1.29. The molecule has 2 aromatic heterocycles. The first kappa shape index (κ1) is 21.7. The molecular weight excluding hydrogens is 418 g/mol. The number of oxazole rings is 1. The molecule has 5 N–H and O–H groups in total. The molecule has 0 radical (unpaired) electrons. The first-order valence-electron chi connectivity index (χ1n) is 9.14. The van der Waals surface area contributed by atoms with Gasteiger partial charge in [-0.1, -0.05) is 0 Å². The summed E-state index contributed by atoms with van der Waals surface area (Å²) in [4.78, 5) is 24.2. The number of aromatic nitrogens is 3. The van der Waals surface area contributed by atoms with Crippen LogP contribution >= 0.6 is 0 Å². The average Bonchev–Trinajstić information content (AvgIpc) is 3.11. The fourth-order valence-electron chi connectivity index (χ4n) is 3.03. The maximum atomic E-state index is 11.9. The van der Waals surface area contributed by atoms with Crippen molar-refractivity contribution in [2.24, 2.45) is 0 Å². The third-order valence-corrected chi connectivity index (χ3v) is 5.40. The van der Waals surface area contributed by atoms with Crippen LogP contribution in [-0.4, -0.2) is 68.7 Å². The lowest BCUT2D eigenvalue weighted by molar-refractivity contribution is 0.128. The van der Waals surface area contributed by atoms with Crippen LogP contribution in [0.15, 0.2) is 23.1 Å². The quantitative estimate of drug-likeness (QED) is 0.286. The molecule has 1 atom stereocenters. The van der Waals surface area contributed by atoms with Crippen molar-refractivity contribution in [2.75, 3.05) is 23.7 Å². The van der Waals surface area contributed by atoms with E-state index in [2.05, 4.69) is 30.9 Å². The van der Waals surface area contributed by atoms with Crippen LogP contribution in [0, 0.1) is 6.92 Å². The van der Waals surface area contributed by atoms with Crippen molar-refractivity contribution in [1.82, 2.24) is 25.2 Å². The lowest BCUT2D eigenvalue weighted by Gasteiger charge is -2.32. The van der Waals surface area contributed by atoms with E-state index in [4.69, 9.17) is 9.52 Å². The minimum Gasteiger partial charge on any atom is -0.465 e. The molecule has 0 bridgehead atoms. The van der Waals surface area contributed by atoms with Crippen LogP contribution in [0.5, 0.6) is 0 Å². The van der Waals surface area contributed by atoms with Crippen LogP contribution in [0.3, 0.4) is 0 Å². The number of likely N-dealkylation sites (tertiary alicyclic amines) is 1. The summed E-state index contributed by atoms with van der Waals surface area (Å²) in [6.07, 6.45) is 4.01. The molecule has 14 heteroatoms. The third-order valence-electron chi connectivity index (χ3n) is 4.55. The lowest BCUT2D eigenvalue weighted by Crippen LogP contribution is -2.52. The first-order valence-corrected chi connectivity index (χ1v) is 10.6. The van der Waals surface area contributed by atoms with Crippen molar-refractivity contribution >= 4 is 27.7 Å². The summed E-state index contributed by atoms with van der Waals surface area (Å²) in [6, 6.07) is -0.307. The van der Waals surface area contributed by atoms with Gasteiger partial charge in [-0.25, -0.2) is 19.7 Å². The van der Waals surface area contributed by atoms with Gasteiger partial charge in [-0.05, 0) is 12.8 Å². The number of carbonyl (C=O) groups is 1. The molecular formula is C16H23N7O6S. The van der Waals surface area contributed by atoms with Crippen molar-refractivity contribution in [3.63, 3.8) is 0 Å². The Kier molecular flexibility index (Phi) is 6.69. The van der Waals surface area contributed by atoms with Crippen molar-refractivity contribution in [1.29, 1.82) is 0 Å². The van der Waals surface area contributed by atoms with Gasteiger partial charge in [0.25, 0.3) is 10.1 Å². The number of hydrogen-bond acceptors (Lipinski definition) is 10. The summed E-state index contributed by atoms with van der Waals surface area (Å²) < 4.78 is 38.9. The van der Waals surface area contributed by atoms with E-state index in [0.29, 0.717) is 30.3 Å². The van der Waals surface area contributed by atoms with Crippen LogP contribution in [0.25, 0.3) is 0 Å². The molecule has 0 saturated carbocycles. The van der Waals surface area contributed by atoms with Gasteiger partial charge < -0.3 is 25.1 Å². The van der Waals surface area contributed by atoms with E-state index >= 15 is 0 Å². The second kappa shape index (κ2) is 9.23. The summed E-state index contributed by atoms with van der Waals surface area (Å²) >= 11 is 0. The highest BCUT2D eigenvalue weighted by Crippen LogP contribution is 2.20. The fourth-order valence-corrected chi connectivity index (χ4v) is 3.67. The maximum absolute atomic E-state index is 11.9. The van der Waals surface area contributed by atoms with Crippen molar-refractivity contribution < 1.29 is 27.3 Å². The predicted octanol–water partition coefficient (Wildman–Crippen LogP) is 0.700. The van der Waals surface area contributed by atoms with E-state index in [0.717, 1.165) is 0 Å². The molecule has 3 rings (SSSR count). The van der Waals surface area contributed by atoms with Gasteiger partial charge in [0.1, 0.15) is 12.1 Å². The Morgan fingerprint density at radius 2 is 2.07 bits per heavy atom. The van der Waals surface area contributed by atoms with Gasteiger partial charge in [0.2, 0.25) is 5.50 Å². The monoisotopic (exact) mass is 441 g/mol. The Labute approximate surface area is 172 Å². The molecule has 30 heavy (non-hydrogen) atoms. The molecule has 1 fully saturated rings. The zero-order valence-electron chi connectivity index (χ0n) is 16.1. The van der Waals surface area contributed by atoms with Gasteiger partial charge in [-0.2, -0.15) is 8.42 Å². The van der Waals surface area contributed by atoms with E-state index in [9.17, 15) is 17.8 Å². The number of amides is 1. The normalized spacial score (nSPS) is 16.3. The number of nitrogens with zero attached hydrogens (tertiary/aromatic N) is 4. The highest BCUT2D eigenvalue weighted by molar-refractivity contribution is 7.86. The smallest absolute Gasteiger partial charge is 0.407 e. The van der Waals surface area contributed by atoms with Crippen molar-refractivity contribution in [3.8, 4) is 0 Å². The van der Waals surface area contributed by atoms with Gasteiger partial charge in [0, 0.05) is 26.1 Å². The van der Waals surface area contributed by atoms with Crippen molar-refractivity contribution in [2.45, 2.75) is 37.8 Å². The SMILES string of the molecule is Cc1ncc(CNc2ncncc2NC(NC2CCN(C(=O)O)CC2)S(=O)(=O)O)o1. The molecule has 2 aromatic rings. The Morgan fingerprint density at radius 3 is 2.67 bits per heavy atom. The molecule has 0 aliphatic carbocycles. The van der Waals surface area contributed by atoms with Crippen LogP contribution < -0.4 is 16.0 Å². The maximum Gasteiger partial charge on any atom is 0.407 e. The Bertz CT molecular complexity index is 974. The number of piperidine rings is 1. The lowest BCUT2D eigenvalue weighted by atomic mass is 10.1. The van der Waals surface area contributed by atoms with Crippen molar-refractivity contribution in [3.05, 3.63) is 30.4 Å². The minimum absolute atomic E-state index is 0.242. The van der Waals surface area contributed by atoms with Crippen LogP contribution in [0.2, 0.25) is 0 Å². The van der Waals surface area contributed by atoms with Crippen LogP contribution in [0.1, 0.15) is 24.5 Å². The fraction of sp³-hybridized carbons (Fsp3) is 0.500. The molecule has 3 heterocycles. The topological polar surface area (TPSA) is 183 Å². The molecule has 0 spiro atoms. The number of nitrogens with one attached hydrogen (secondary N) is 3. The Hall–Kier alpha value is -2.97. The molecule has 1 aliphatic rings. The average molecular weight is 441 g/mol. The number of aryl methyl sites for hydroxylation is 1. The summed E-state index contributed by atoms with van der Waals surface area (Å²) in [5, 5.41) is 17.5. The molecule has 1 saturated heterocycles. The number of rotatable bonds is 8. The van der Waals surface area contributed by atoms with Gasteiger partial charge in [0.05, 0.1) is 24.6 Å². The van der Waals surface area contributed by atoms with Gasteiger partial charge >= 0.3 is 6.09 Å². The Morgan fingerprint density at radius 1 is 1.33 bits per heavy atom. The van der Waals surface area contributed by atoms with E-state index in [1.807, 2.05) is 0 Å². The summed E-state index contributed by atoms with van der Waals surface area (Å²) in [5.74, 6) is 1.37. The number of hydrogen-bond donors (Lipinski definition) is 5. The predicted molar refractivity (Wildman–Crippen MR) is 105 cm³/mol. The molecule has 1 amide bonds. The van der Waals surface area contributed by atoms with E-state index < -0.39 is 21.7 Å². The number of carboxylic acid groups (broad SMARTS) is 1. The number of anilines is 2. The van der Waals surface area contributed by atoms with Gasteiger partial charge in [-0.3, -0.25) is 9.87 Å². The Balaban J connectivity index is 1.67. The summed E-state index contributed by atoms with van der Waals surface area (Å²) in [7, 11) is -4.54. The molecule has 13 nitrogen and oxygen atoms in total. The molecule has 1 aliphatic heterocycles. The second-order valence-corrected chi connectivity index (χ2v) is 8.24. The van der Waals surface area contributed by atoms with E-state index in [1.165, 1.54) is 17.4 Å². The van der Waals surface area contributed by atoms with Crippen LogP contribution in [-0.2, 0) is 16.7 Å². The molecule has 0 aromatic carbocycles. The highest BCUT2D eigenvalue weighted by Gasteiger charge is 2.30. The first-order chi connectivity index (χ1) is 14.2. The van der Waals surface area contributed by atoms with Gasteiger partial charge in [-0.15, -0.1) is 0 Å².